The lowest BCUT2D eigenvalue weighted by Gasteiger charge is -2.24. The van der Waals surface area contributed by atoms with Crippen LogP contribution in [0, 0.1) is 0 Å². The van der Waals surface area contributed by atoms with Gasteiger partial charge in [0.2, 0.25) is 0 Å². The summed E-state index contributed by atoms with van der Waals surface area (Å²) < 4.78 is 0. The van der Waals surface area contributed by atoms with E-state index in [9.17, 15) is 0 Å². The average molecular weight is 673 g/mol. The lowest BCUT2D eigenvalue weighted by atomic mass is 9.79. The SMILES string of the molecule is CC1(C)c2cc(-c3ccccc3-c3ccccc3-c3ccc4ccc5c(-c6ccccc6)ccc6ccc3c4c65)ccc2-c2ccc3ccccc3c21. The molecular weight excluding hydrogens is 637 g/mol. The molecule has 10 aromatic rings. The topological polar surface area (TPSA) is 0 Å². The van der Waals surface area contributed by atoms with Crippen LogP contribution in [0.5, 0.6) is 0 Å². The van der Waals surface area contributed by atoms with E-state index in [-0.39, 0.29) is 5.41 Å². The van der Waals surface area contributed by atoms with Crippen LogP contribution in [-0.2, 0) is 5.41 Å². The molecule has 0 heterocycles. The predicted molar refractivity (Wildman–Crippen MR) is 227 cm³/mol. The molecule has 0 radical (unpaired) electrons. The first-order valence-electron chi connectivity index (χ1n) is 18.7. The van der Waals surface area contributed by atoms with E-state index in [0.29, 0.717) is 0 Å². The quantitative estimate of drug-likeness (QED) is 0.163. The number of fused-ring (bicyclic) bond motifs is 5. The Labute approximate surface area is 310 Å². The van der Waals surface area contributed by atoms with Crippen LogP contribution < -0.4 is 0 Å². The van der Waals surface area contributed by atoms with Gasteiger partial charge in [0.25, 0.3) is 0 Å². The highest BCUT2D eigenvalue weighted by molar-refractivity contribution is 6.28. The number of benzene rings is 10. The van der Waals surface area contributed by atoms with Gasteiger partial charge in [0.1, 0.15) is 0 Å². The standard InChI is InChI=1S/C53H36/c1-53(2)49-32-37(25-28-45(49)48-31-20-34-14-6-7-16-40(34)52(48)53)38-15-8-9-17-41(38)42-18-10-11-19-43(42)44-27-22-36-23-29-46-39(33-12-4-3-5-13-33)26-21-35-24-30-47(44)51(36)50(35)46/h3-32H,1-2H3. The van der Waals surface area contributed by atoms with Crippen molar-refractivity contribution in [3.63, 3.8) is 0 Å². The lowest BCUT2D eigenvalue weighted by Crippen LogP contribution is -2.15. The highest BCUT2D eigenvalue weighted by atomic mass is 14.4. The Bertz CT molecular complexity index is 3070. The largest absolute Gasteiger partial charge is 0.0622 e. The fourth-order valence-corrected chi connectivity index (χ4v) is 9.60. The number of rotatable bonds is 4. The number of hydrogen-bond donors (Lipinski definition) is 0. The Hall–Kier alpha value is -6.50. The molecule has 0 atom stereocenters. The minimum atomic E-state index is -0.115. The van der Waals surface area contributed by atoms with Gasteiger partial charge in [-0.2, -0.15) is 0 Å². The summed E-state index contributed by atoms with van der Waals surface area (Å²) in [5.41, 5.74) is 15.5. The Kier molecular flexibility index (Phi) is 6.40. The van der Waals surface area contributed by atoms with Crippen LogP contribution in [-0.4, -0.2) is 0 Å². The molecule has 53 heavy (non-hydrogen) atoms. The average Bonchev–Trinajstić information content (AvgIpc) is 3.45. The van der Waals surface area contributed by atoms with Crippen LogP contribution in [0.3, 0.4) is 0 Å². The first kappa shape index (κ1) is 30.2. The summed E-state index contributed by atoms with van der Waals surface area (Å²) >= 11 is 0. The first-order valence-corrected chi connectivity index (χ1v) is 18.7. The molecule has 0 fully saturated rings. The second-order valence-electron chi connectivity index (χ2n) is 15.2. The molecule has 0 aliphatic heterocycles. The van der Waals surface area contributed by atoms with Crippen molar-refractivity contribution in [2.75, 3.05) is 0 Å². The molecule has 0 N–H and O–H groups in total. The summed E-state index contributed by atoms with van der Waals surface area (Å²) in [7, 11) is 0. The maximum absolute atomic E-state index is 2.46. The summed E-state index contributed by atoms with van der Waals surface area (Å²) in [4.78, 5) is 0. The second-order valence-corrected chi connectivity index (χ2v) is 15.2. The third kappa shape index (κ3) is 4.36. The molecule has 1 aliphatic carbocycles. The molecule has 0 nitrogen and oxygen atoms in total. The van der Waals surface area contributed by atoms with Gasteiger partial charge in [-0.15, -0.1) is 0 Å². The van der Waals surface area contributed by atoms with Gasteiger partial charge in [0.15, 0.2) is 0 Å². The highest BCUT2D eigenvalue weighted by Gasteiger charge is 2.37. The smallest absolute Gasteiger partial charge is 0.0165 e. The molecule has 0 unspecified atom stereocenters. The van der Waals surface area contributed by atoms with E-state index in [1.807, 2.05) is 0 Å². The fourth-order valence-electron chi connectivity index (χ4n) is 9.60. The van der Waals surface area contributed by atoms with Crippen molar-refractivity contribution in [2.45, 2.75) is 19.3 Å². The zero-order valence-corrected chi connectivity index (χ0v) is 29.8. The monoisotopic (exact) mass is 672 g/mol. The molecule has 0 aromatic heterocycles. The van der Waals surface area contributed by atoms with E-state index >= 15 is 0 Å². The molecule has 10 aromatic carbocycles. The molecule has 1 aliphatic rings. The summed E-state index contributed by atoms with van der Waals surface area (Å²) in [6.45, 7) is 4.79. The highest BCUT2D eigenvalue weighted by Crippen LogP contribution is 2.53. The fraction of sp³-hybridized carbons (Fsp3) is 0.0566. The van der Waals surface area contributed by atoms with Crippen LogP contribution >= 0.6 is 0 Å². The molecule has 11 rings (SSSR count). The zero-order chi connectivity index (χ0) is 35.3. The van der Waals surface area contributed by atoms with Gasteiger partial charge in [-0.05, 0) is 116 Å². The molecule has 0 saturated carbocycles. The van der Waals surface area contributed by atoms with Crippen LogP contribution in [0.1, 0.15) is 25.0 Å². The van der Waals surface area contributed by atoms with Crippen LogP contribution in [0.2, 0.25) is 0 Å². The molecule has 0 saturated heterocycles. The van der Waals surface area contributed by atoms with E-state index < -0.39 is 0 Å². The summed E-state index contributed by atoms with van der Waals surface area (Å²) in [6, 6.07) is 67.8. The zero-order valence-electron chi connectivity index (χ0n) is 29.8. The second kappa shape index (κ2) is 11.2. The van der Waals surface area contributed by atoms with Crippen LogP contribution in [0.25, 0.3) is 98.7 Å². The van der Waals surface area contributed by atoms with Crippen molar-refractivity contribution >= 4 is 43.1 Å². The predicted octanol–water partition coefficient (Wildman–Crippen LogP) is 14.7. The summed E-state index contributed by atoms with van der Waals surface area (Å²) in [5.74, 6) is 0. The molecule has 0 heteroatoms. The van der Waals surface area contributed by atoms with Crippen molar-refractivity contribution in [2.24, 2.45) is 0 Å². The molecule has 0 amide bonds. The van der Waals surface area contributed by atoms with Crippen molar-refractivity contribution < 1.29 is 0 Å². The minimum Gasteiger partial charge on any atom is -0.0622 e. The minimum absolute atomic E-state index is 0.115. The maximum Gasteiger partial charge on any atom is 0.0165 e. The van der Waals surface area contributed by atoms with Crippen molar-refractivity contribution in [3.05, 3.63) is 193 Å². The van der Waals surface area contributed by atoms with Gasteiger partial charge >= 0.3 is 0 Å². The Balaban J connectivity index is 1.09. The normalized spacial score (nSPS) is 13.2. The van der Waals surface area contributed by atoms with Crippen molar-refractivity contribution in [3.8, 4) is 55.6 Å². The number of hydrogen-bond acceptors (Lipinski definition) is 0. The lowest BCUT2D eigenvalue weighted by molar-refractivity contribution is 0.666. The summed E-state index contributed by atoms with van der Waals surface area (Å²) in [6.07, 6.45) is 0. The summed E-state index contributed by atoms with van der Waals surface area (Å²) in [5, 5.41) is 10.5. The van der Waals surface area contributed by atoms with Gasteiger partial charge in [0, 0.05) is 5.41 Å². The third-order valence-electron chi connectivity index (χ3n) is 12.0. The molecule has 0 bridgehead atoms. The Morgan fingerprint density at radius 3 is 1.55 bits per heavy atom. The van der Waals surface area contributed by atoms with Gasteiger partial charge in [-0.1, -0.05) is 190 Å². The van der Waals surface area contributed by atoms with Gasteiger partial charge in [0.05, 0.1) is 0 Å². The van der Waals surface area contributed by atoms with Crippen LogP contribution in [0.15, 0.2) is 182 Å². The van der Waals surface area contributed by atoms with Gasteiger partial charge in [-0.3, -0.25) is 0 Å². The van der Waals surface area contributed by atoms with Crippen LogP contribution in [0.4, 0.5) is 0 Å². The molecule has 0 spiro atoms. The molecule has 248 valence electrons. The van der Waals surface area contributed by atoms with E-state index in [2.05, 4.69) is 196 Å². The maximum atomic E-state index is 2.46. The Morgan fingerprint density at radius 2 is 0.811 bits per heavy atom. The molecular formula is C53H36. The first-order chi connectivity index (χ1) is 26.1. The van der Waals surface area contributed by atoms with E-state index in [4.69, 9.17) is 0 Å². The van der Waals surface area contributed by atoms with E-state index in [1.165, 1.54) is 110 Å². The van der Waals surface area contributed by atoms with Gasteiger partial charge in [-0.25, -0.2) is 0 Å². The van der Waals surface area contributed by atoms with Crippen molar-refractivity contribution in [1.82, 2.24) is 0 Å². The van der Waals surface area contributed by atoms with E-state index in [1.54, 1.807) is 0 Å². The van der Waals surface area contributed by atoms with Crippen molar-refractivity contribution in [1.29, 1.82) is 0 Å². The van der Waals surface area contributed by atoms with E-state index in [0.717, 1.165) is 0 Å². The third-order valence-corrected chi connectivity index (χ3v) is 12.0. The Morgan fingerprint density at radius 1 is 0.302 bits per heavy atom. The van der Waals surface area contributed by atoms with Gasteiger partial charge < -0.3 is 0 Å².